The summed E-state index contributed by atoms with van der Waals surface area (Å²) in [5.74, 6) is -0.913. The van der Waals surface area contributed by atoms with Gasteiger partial charge in [0.05, 0.1) is 6.42 Å². The second-order valence-corrected chi connectivity index (χ2v) is 3.97. The highest BCUT2D eigenvalue weighted by Gasteiger charge is 2.27. The Morgan fingerprint density at radius 1 is 1.26 bits per heavy atom. The Kier molecular flexibility index (Phi) is 4.82. The van der Waals surface area contributed by atoms with Crippen LogP contribution >= 0.6 is 0 Å². The fraction of sp³-hybridized carbons (Fsp3) is 0.545. The molecule has 1 rings (SSSR count). The molecule has 0 aliphatic rings. The van der Waals surface area contributed by atoms with Crippen molar-refractivity contribution in [3.8, 4) is 0 Å². The average molecular weight is 278 g/mol. The number of carboxylic acids is 1. The van der Waals surface area contributed by atoms with E-state index in [1.54, 1.807) is 13.8 Å². The van der Waals surface area contributed by atoms with E-state index >= 15 is 0 Å². The maximum Gasteiger partial charge on any atom is 0.411 e. The highest BCUT2D eigenvalue weighted by atomic mass is 19.4. The Morgan fingerprint density at radius 3 is 2.21 bits per heavy atom. The first kappa shape index (κ1) is 15.4. The lowest BCUT2D eigenvalue weighted by Gasteiger charge is -2.10. The minimum atomic E-state index is -4.40. The van der Waals surface area contributed by atoms with E-state index in [0.717, 1.165) is 0 Å². The molecule has 106 valence electrons. The molecule has 0 unspecified atom stereocenters. The Labute approximate surface area is 107 Å². The maximum absolute atomic E-state index is 11.9. The molecule has 19 heavy (non-hydrogen) atoms. The summed E-state index contributed by atoms with van der Waals surface area (Å²) in [5, 5.41) is 8.71. The number of rotatable bonds is 5. The Hall–Kier alpha value is -1.70. The molecule has 0 fully saturated rings. The van der Waals surface area contributed by atoms with Crippen LogP contribution < -0.4 is 0 Å². The van der Waals surface area contributed by atoms with Crippen molar-refractivity contribution in [3.05, 3.63) is 22.8 Å². The van der Waals surface area contributed by atoms with Gasteiger partial charge in [0.2, 0.25) is 0 Å². The van der Waals surface area contributed by atoms with Gasteiger partial charge in [0, 0.05) is 17.0 Å². The molecule has 1 heterocycles. The van der Waals surface area contributed by atoms with Gasteiger partial charge in [0.1, 0.15) is 13.2 Å². The van der Waals surface area contributed by atoms with E-state index in [4.69, 9.17) is 5.11 Å². The van der Waals surface area contributed by atoms with E-state index in [2.05, 4.69) is 14.7 Å². The first-order chi connectivity index (χ1) is 8.69. The SMILES string of the molecule is Cc1nc(COCC(F)(F)F)nc(C)c1CC(=O)O. The standard InChI is InChI=1S/C11H13F3N2O3/c1-6-8(3-10(17)18)7(2)16-9(15-6)4-19-5-11(12,13)14/h3-5H2,1-2H3,(H,17,18). The number of nitrogens with zero attached hydrogens (tertiary/aromatic N) is 2. The van der Waals surface area contributed by atoms with E-state index in [1.165, 1.54) is 0 Å². The Bertz CT molecular complexity index is 452. The summed E-state index contributed by atoms with van der Waals surface area (Å²) in [6, 6.07) is 0. The van der Waals surface area contributed by atoms with Crippen molar-refractivity contribution in [3.63, 3.8) is 0 Å². The van der Waals surface area contributed by atoms with Gasteiger partial charge in [-0.05, 0) is 13.8 Å². The number of carbonyl (C=O) groups is 1. The molecule has 5 nitrogen and oxygen atoms in total. The largest absolute Gasteiger partial charge is 0.481 e. The molecule has 1 aromatic heterocycles. The zero-order valence-corrected chi connectivity index (χ0v) is 10.4. The molecule has 0 spiro atoms. The van der Waals surface area contributed by atoms with E-state index in [-0.39, 0.29) is 18.9 Å². The molecule has 0 saturated heterocycles. The minimum absolute atomic E-state index is 0.105. The molecule has 0 aliphatic heterocycles. The molecule has 0 atom stereocenters. The topological polar surface area (TPSA) is 72.3 Å². The van der Waals surface area contributed by atoms with Gasteiger partial charge in [-0.3, -0.25) is 4.79 Å². The van der Waals surface area contributed by atoms with Crippen LogP contribution in [0, 0.1) is 13.8 Å². The normalized spacial score (nSPS) is 11.6. The summed E-state index contributed by atoms with van der Waals surface area (Å²) in [6.45, 7) is 1.43. The van der Waals surface area contributed by atoms with Crippen LogP contribution in [0.4, 0.5) is 13.2 Å². The number of halogens is 3. The third kappa shape index (κ3) is 5.21. The molecule has 8 heteroatoms. The predicted molar refractivity (Wildman–Crippen MR) is 58.6 cm³/mol. The van der Waals surface area contributed by atoms with Crippen molar-refractivity contribution in [2.45, 2.75) is 33.1 Å². The molecule has 0 amide bonds. The van der Waals surface area contributed by atoms with Crippen molar-refractivity contribution in [2.24, 2.45) is 0 Å². The van der Waals surface area contributed by atoms with Crippen molar-refractivity contribution >= 4 is 5.97 Å². The zero-order valence-electron chi connectivity index (χ0n) is 10.4. The van der Waals surface area contributed by atoms with Crippen LogP contribution in [0.15, 0.2) is 0 Å². The number of hydrogen-bond donors (Lipinski definition) is 1. The average Bonchev–Trinajstić information content (AvgIpc) is 2.21. The molecular weight excluding hydrogens is 265 g/mol. The summed E-state index contributed by atoms with van der Waals surface area (Å²) < 4.78 is 40.1. The van der Waals surface area contributed by atoms with Crippen LogP contribution in [0.1, 0.15) is 22.8 Å². The molecule has 0 saturated carbocycles. The lowest BCUT2D eigenvalue weighted by atomic mass is 10.1. The summed E-state index contributed by atoms with van der Waals surface area (Å²) in [6.07, 6.45) is -4.62. The van der Waals surface area contributed by atoms with Gasteiger partial charge in [-0.1, -0.05) is 0 Å². The number of ether oxygens (including phenoxy) is 1. The zero-order chi connectivity index (χ0) is 14.6. The van der Waals surface area contributed by atoms with Crippen molar-refractivity contribution in [2.75, 3.05) is 6.61 Å². The van der Waals surface area contributed by atoms with Crippen molar-refractivity contribution in [1.82, 2.24) is 9.97 Å². The van der Waals surface area contributed by atoms with E-state index in [9.17, 15) is 18.0 Å². The smallest absolute Gasteiger partial charge is 0.411 e. The Morgan fingerprint density at radius 2 is 1.79 bits per heavy atom. The van der Waals surface area contributed by atoms with Crippen LogP contribution in [0.25, 0.3) is 0 Å². The molecule has 0 aliphatic carbocycles. The summed E-state index contributed by atoms with van der Waals surface area (Å²) in [5.41, 5.74) is 1.33. The summed E-state index contributed by atoms with van der Waals surface area (Å²) >= 11 is 0. The summed E-state index contributed by atoms with van der Waals surface area (Å²) in [7, 11) is 0. The van der Waals surface area contributed by atoms with E-state index < -0.39 is 18.8 Å². The number of aryl methyl sites for hydroxylation is 2. The van der Waals surface area contributed by atoms with Gasteiger partial charge in [-0.15, -0.1) is 0 Å². The predicted octanol–water partition coefficient (Wildman–Crippen LogP) is 1.80. The minimum Gasteiger partial charge on any atom is -0.481 e. The molecule has 1 N–H and O–H groups in total. The van der Waals surface area contributed by atoms with Gasteiger partial charge in [-0.2, -0.15) is 13.2 Å². The number of alkyl halides is 3. The van der Waals surface area contributed by atoms with Crippen LogP contribution in [-0.4, -0.2) is 33.8 Å². The molecule has 0 bridgehead atoms. The fourth-order valence-corrected chi connectivity index (χ4v) is 1.54. The van der Waals surface area contributed by atoms with Gasteiger partial charge in [0.15, 0.2) is 5.82 Å². The maximum atomic E-state index is 11.9. The van der Waals surface area contributed by atoms with Crippen LogP contribution in [0.2, 0.25) is 0 Å². The van der Waals surface area contributed by atoms with Crippen LogP contribution in [0.3, 0.4) is 0 Å². The third-order valence-electron chi connectivity index (χ3n) is 2.29. The first-order valence-corrected chi connectivity index (χ1v) is 5.38. The van der Waals surface area contributed by atoms with Gasteiger partial charge >= 0.3 is 12.1 Å². The number of carboxylic acid groups (broad SMARTS) is 1. The first-order valence-electron chi connectivity index (χ1n) is 5.38. The number of hydrogen-bond acceptors (Lipinski definition) is 4. The highest BCUT2D eigenvalue weighted by molar-refractivity contribution is 5.70. The lowest BCUT2D eigenvalue weighted by molar-refractivity contribution is -0.177. The Balaban J connectivity index is 2.75. The van der Waals surface area contributed by atoms with Crippen LogP contribution in [0.5, 0.6) is 0 Å². The van der Waals surface area contributed by atoms with E-state index in [0.29, 0.717) is 17.0 Å². The molecule has 0 aromatic carbocycles. The quantitative estimate of drug-likeness (QED) is 0.889. The summed E-state index contributed by atoms with van der Waals surface area (Å²) in [4.78, 5) is 18.5. The van der Waals surface area contributed by atoms with E-state index in [1.807, 2.05) is 0 Å². The molecular formula is C11H13F3N2O3. The molecule has 0 radical (unpaired) electrons. The second-order valence-electron chi connectivity index (χ2n) is 3.97. The third-order valence-corrected chi connectivity index (χ3v) is 2.29. The number of aliphatic carboxylic acids is 1. The highest BCUT2D eigenvalue weighted by Crippen LogP contribution is 2.16. The monoisotopic (exact) mass is 278 g/mol. The van der Waals surface area contributed by atoms with Gasteiger partial charge < -0.3 is 9.84 Å². The number of aromatic nitrogens is 2. The second kappa shape index (κ2) is 5.96. The van der Waals surface area contributed by atoms with Crippen molar-refractivity contribution in [1.29, 1.82) is 0 Å². The molecule has 1 aromatic rings. The van der Waals surface area contributed by atoms with Gasteiger partial charge in [0.25, 0.3) is 0 Å². The van der Waals surface area contributed by atoms with Gasteiger partial charge in [-0.25, -0.2) is 9.97 Å². The lowest BCUT2D eigenvalue weighted by Crippen LogP contribution is -2.18. The fourth-order valence-electron chi connectivity index (χ4n) is 1.54. The van der Waals surface area contributed by atoms with Crippen molar-refractivity contribution < 1.29 is 27.8 Å². The van der Waals surface area contributed by atoms with Crippen LogP contribution in [-0.2, 0) is 22.6 Å².